The predicted molar refractivity (Wildman–Crippen MR) is 115 cm³/mol. The van der Waals surface area contributed by atoms with Crippen LogP contribution in [-0.2, 0) is 4.74 Å². The highest BCUT2D eigenvalue weighted by Gasteiger charge is 2.18. The molecule has 0 N–H and O–H groups in total. The number of hydrogen-bond donors (Lipinski definition) is 0. The van der Waals surface area contributed by atoms with Gasteiger partial charge < -0.3 is 9.64 Å². The smallest absolute Gasteiger partial charge is 0.254 e. The molecule has 6 heteroatoms. The average Bonchev–Trinajstić information content (AvgIpc) is 3.24. The van der Waals surface area contributed by atoms with Crippen molar-refractivity contribution < 1.29 is 9.53 Å². The van der Waals surface area contributed by atoms with E-state index in [1.54, 1.807) is 23.7 Å². The number of aromatic nitrogens is 2. The third kappa shape index (κ3) is 3.64. The molecule has 0 aliphatic carbocycles. The van der Waals surface area contributed by atoms with Gasteiger partial charge in [0.05, 0.1) is 41.9 Å². The van der Waals surface area contributed by atoms with Gasteiger partial charge in [0.2, 0.25) is 0 Å². The Labute approximate surface area is 172 Å². The van der Waals surface area contributed by atoms with Gasteiger partial charge in [0.25, 0.3) is 5.91 Å². The number of rotatable bonds is 3. The molecule has 29 heavy (non-hydrogen) atoms. The highest BCUT2D eigenvalue weighted by molar-refractivity contribution is 7.22. The molecule has 2 aromatic carbocycles. The standard InChI is InChI=1S/C23H19N3O2S/c27-23(26-9-11-28-12-10-26)17-7-5-16(6-8-17)19-14-24-15-20(25-19)22-13-18-3-1-2-4-21(18)29-22/h1-8,13-15H,9-12H2. The van der Waals surface area contributed by atoms with Crippen LogP contribution in [0, 0.1) is 0 Å². The Bertz CT molecular complexity index is 1130. The van der Waals surface area contributed by atoms with Crippen LogP contribution in [0.1, 0.15) is 10.4 Å². The topological polar surface area (TPSA) is 55.3 Å². The lowest BCUT2D eigenvalue weighted by Gasteiger charge is -2.26. The number of fused-ring (bicyclic) bond motifs is 1. The van der Waals surface area contributed by atoms with E-state index in [1.165, 1.54) is 10.1 Å². The minimum atomic E-state index is 0.0463. The number of amides is 1. The molecule has 0 radical (unpaired) electrons. The first-order valence-corrected chi connectivity index (χ1v) is 10.4. The van der Waals surface area contributed by atoms with E-state index < -0.39 is 0 Å². The number of carbonyl (C=O) groups is 1. The van der Waals surface area contributed by atoms with Crippen molar-refractivity contribution in [3.8, 4) is 21.8 Å². The summed E-state index contributed by atoms with van der Waals surface area (Å²) < 4.78 is 6.56. The lowest BCUT2D eigenvalue weighted by molar-refractivity contribution is 0.0303. The quantitative estimate of drug-likeness (QED) is 0.507. The Balaban J connectivity index is 1.41. The first kappa shape index (κ1) is 18.0. The van der Waals surface area contributed by atoms with Crippen LogP contribution in [0.2, 0.25) is 0 Å². The summed E-state index contributed by atoms with van der Waals surface area (Å²) in [4.78, 5) is 24.7. The van der Waals surface area contributed by atoms with Crippen LogP contribution in [0.4, 0.5) is 0 Å². The van der Waals surface area contributed by atoms with E-state index >= 15 is 0 Å². The van der Waals surface area contributed by atoms with Crippen molar-refractivity contribution in [1.82, 2.24) is 14.9 Å². The highest BCUT2D eigenvalue weighted by Crippen LogP contribution is 2.33. The fourth-order valence-corrected chi connectivity index (χ4v) is 4.48. The molecule has 1 aliphatic heterocycles. The first-order chi connectivity index (χ1) is 14.3. The second-order valence-corrected chi connectivity index (χ2v) is 8.00. The van der Waals surface area contributed by atoms with Gasteiger partial charge in [-0.05, 0) is 29.7 Å². The number of morpholine rings is 1. The van der Waals surface area contributed by atoms with Crippen molar-refractivity contribution in [3.63, 3.8) is 0 Å². The number of carbonyl (C=O) groups excluding carboxylic acids is 1. The van der Waals surface area contributed by atoms with Gasteiger partial charge in [-0.15, -0.1) is 11.3 Å². The second kappa shape index (κ2) is 7.73. The maximum Gasteiger partial charge on any atom is 0.254 e. The summed E-state index contributed by atoms with van der Waals surface area (Å²) in [5.74, 6) is 0.0463. The summed E-state index contributed by atoms with van der Waals surface area (Å²) in [5.41, 5.74) is 3.28. The Morgan fingerprint density at radius 1 is 0.966 bits per heavy atom. The van der Waals surface area contributed by atoms with E-state index in [1.807, 2.05) is 41.3 Å². The largest absolute Gasteiger partial charge is 0.378 e. The van der Waals surface area contributed by atoms with E-state index in [0.29, 0.717) is 31.9 Å². The maximum absolute atomic E-state index is 12.6. The van der Waals surface area contributed by atoms with Crippen molar-refractivity contribution in [1.29, 1.82) is 0 Å². The van der Waals surface area contributed by atoms with Crippen LogP contribution in [0.15, 0.2) is 67.0 Å². The number of ether oxygens (including phenoxy) is 1. The lowest BCUT2D eigenvalue weighted by atomic mass is 10.1. The summed E-state index contributed by atoms with van der Waals surface area (Å²) in [6.45, 7) is 2.49. The minimum Gasteiger partial charge on any atom is -0.378 e. The average molecular weight is 401 g/mol. The Morgan fingerprint density at radius 2 is 1.72 bits per heavy atom. The third-order valence-electron chi connectivity index (χ3n) is 5.04. The van der Waals surface area contributed by atoms with Gasteiger partial charge in [-0.25, -0.2) is 4.98 Å². The van der Waals surface area contributed by atoms with Crippen molar-refractivity contribution in [2.24, 2.45) is 0 Å². The van der Waals surface area contributed by atoms with Gasteiger partial charge in [0.1, 0.15) is 0 Å². The van der Waals surface area contributed by atoms with Crippen LogP contribution >= 0.6 is 11.3 Å². The van der Waals surface area contributed by atoms with Crippen molar-refractivity contribution in [3.05, 3.63) is 72.6 Å². The molecule has 0 atom stereocenters. The molecular formula is C23H19N3O2S. The summed E-state index contributed by atoms with van der Waals surface area (Å²) in [7, 11) is 0. The Kier molecular flexibility index (Phi) is 4.79. The normalized spacial score (nSPS) is 14.3. The van der Waals surface area contributed by atoms with Crippen LogP contribution in [0.5, 0.6) is 0 Å². The molecule has 3 heterocycles. The maximum atomic E-state index is 12.6. The fraction of sp³-hybridized carbons (Fsp3) is 0.174. The van der Waals surface area contributed by atoms with Crippen LogP contribution in [-0.4, -0.2) is 47.1 Å². The van der Waals surface area contributed by atoms with Crippen molar-refractivity contribution >= 4 is 27.3 Å². The number of benzene rings is 2. The van der Waals surface area contributed by atoms with E-state index in [-0.39, 0.29) is 5.91 Å². The molecule has 0 unspecified atom stereocenters. The third-order valence-corrected chi connectivity index (χ3v) is 6.18. The van der Waals surface area contributed by atoms with Crippen LogP contribution < -0.4 is 0 Å². The zero-order valence-electron chi connectivity index (χ0n) is 15.7. The monoisotopic (exact) mass is 401 g/mol. The second-order valence-electron chi connectivity index (χ2n) is 6.92. The molecule has 1 amide bonds. The summed E-state index contributed by atoms with van der Waals surface area (Å²) >= 11 is 1.71. The number of hydrogen-bond acceptors (Lipinski definition) is 5. The van der Waals surface area contributed by atoms with Gasteiger partial charge in [-0.3, -0.25) is 9.78 Å². The molecule has 0 spiro atoms. The number of thiophene rings is 1. The first-order valence-electron chi connectivity index (χ1n) is 9.56. The molecular weight excluding hydrogens is 382 g/mol. The Hall–Kier alpha value is -3.09. The lowest BCUT2D eigenvalue weighted by Crippen LogP contribution is -2.40. The molecule has 1 fully saturated rings. The molecule has 5 nitrogen and oxygen atoms in total. The van der Waals surface area contributed by atoms with Crippen LogP contribution in [0.3, 0.4) is 0 Å². The van der Waals surface area contributed by atoms with Gasteiger partial charge >= 0.3 is 0 Å². The van der Waals surface area contributed by atoms with Gasteiger partial charge in [-0.1, -0.05) is 30.3 Å². The van der Waals surface area contributed by atoms with Gasteiger partial charge in [0.15, 0.2) is 0 Å². The zero-order chi connectivity index (χ0) is 19.6. The molecule has 0 bridgehead atoms. The van der Waals surface area contributed by atoms with Crippen molar-refractivity contribution in [2.45, 2.75) is 0 Å². The molecule has 144 valence electrons. The molecule has 1 aliphatic rings. The predicted octanol–water partition coefficient (Wildman–Crippen LogP) is 4.50. The SMILES string of the molecule is O=C(c1ccc(-c2cncc(-c3cc4ccccc4s3)n2)cc1)N1CCOCC1. The summed E-state index contributed by atoms with van der Waals surface area (Å²) in [6, 6.07) is 18.1. The molecule has 2 aromatic heterocycles. The van der Waals surface area contributed by atoms with Crippen molar-refractivity contribution in [2.75, 3.05) is 26.3 Å². The summed E-state index contributed by atoms with van der Waals surface area (Å²) in [5, 5.41) is 1.21. The minimum absolute atomic E-state index is 0.0463. The Morgan fingerprint density at radius 3 is 2.52 bits per heavy atom. The number of nitrogens with zero attached hydrogens (tertiary/aromatic N) is 3. The van der Waals surface area contributed by atoms with E-state index in [4.69, 9.17) is 9.72 Å². The van der Waals surface area contributed by atoms with Gasteiger partial charge in [0, 0.05) is 28.9 Å². The van der Waals surface area contributed by atoms with E-state index in [0.717, 1.165) is 21.8 Å². The van der Waals surface area contributed by atoms with Crippen LogP contribution in [0.25, 0.3) is 31.9 Å². The van der Waals surface area contributed by atoms with E-state index in [2.05, 4.69) is 23.2 Å². The fourth-order valence-electron chi connectivity index (χ4n) is 3.46. The van der Waals surface area contributed by atoms with Gasteiger partial charge in [-0.2, -0.15) is 0 Å². The molecule has 4 aromatic rings. The highest BCUT2D eigenvalue weighted by atomic mass is 32.1. The molecule has 0 saturated carbocycles. The van der Waals surface area contributed by atoms with E-state index in [9.17, 15) is 4.79 Å². The molecule has 1 saturated heterocycles. The molecule has 5 rings (SSSR count). The summed E-state index contributed by atoms with van der Waals surface area (Å²) in [6.07, 6.45) is 3.56. The zero-order valence-corrected chi connectivity index (χ0v) is 16.6.